The van der Waals surface area contributed by atoms with E-state index in [0.29, 0.717) is 0 Å². The van der Waals surface area contributed by atoms with E-state index in [0.717, 1.165) is 0 Å². The van der Waals surface area contributed by atoms with Gasteiger partial charge in [0.2, 0.25) is 5.95 Å². The predicted molar refractivity (Wildman–Crippen MR) is 88.5 cm³/mol. The fourth-order valence-corrected chi connectivity index (χ4v) is 2.65. The molecule has 9 nitrogen and oxygen atoms in total. The van der Waals surface area contributed by atoms with Crippen LogP contribution in [0.3, 0.4) is 0 Å². The van der Waals surface area contributed by atoms with Crippen molar-refractivity contribution in [1.29, 1.82) is 0 Å². The van der Waals surface area contributed by atoms with Crippen LogP contribution in [-0.4, -0.2) is 46.2 Å². The number of Topliss-reactive ketones (excluding diaryl/α,β-unsaturated/α-hetero) is 1. The van der Waals surface area contributed by atoms with Crippen LogP contribution in [0.4, 0.5) is 17.5 Å². The zero-order chi connectivity index (χ0) is 15.6. The van der Waals surface area contributed by atoms with E-state index in [2.05, 4.69) is 38.5 Å². The highest BCUT2D eigenvalue weighted by atomic mass is 32.4. The summed E-state index contributed by atoms with van der Waals surface area (Å²) in [5.41, 5.74) is 5.08. The van der Waals surface area contributed by atoms with E-state index in [4.69, 9.17) is 10.3 Å². The molecule has 4 unspecified atom stereocenters. The SMILES string of the molecule is Nc1nc2c(c(=O)[nH]1)NC(C(=O)C(O)COP(P)P)CN2. The highest BCUT2D eigenvalue weighted by Gasteiger charge is 2.30. The minimum absolute atomic E-state index is 0.0134. The number of anilines is 3. The lowest BCUT2D eigenvalue weighted by atomic mass is 10.1. The number of nitrogen functional groups attached to an aromatic ring is 1. The Bertz CT molecular complexity index is 595. The summed E-state index contributed by atoms with van der Waals surface area (Å²) in [4.78, 5) is 30.1. The molecule has 0 aromatic carbocycles. The van der Waals surface area contributed by atoms with Gasteiger partial charge in [0.25, 0.3) is 5.56 Å². The van der Waals surface area contributed by atoms with Crippen LogP contribution >= 0.6 is 25.4 Å². The minimum Gasteiger partial charge on any atom is -0.383 e. The lowest BCUT2D eigenvalue weighted by Crippen LogP contribution is -2.47. The number of aliphatic hydroxyl groups is 1. The van der Waals surface area contributed by atoms with Gasteiger partial charge in [-0.05, 0) is 0 Å². The van der Waals surface area contributed by atoms with Crippen molar-refractivity contribution in [3.63, 3.8) is 0 Å². The van der Waals surface area contributed by atoms with Crippen LogP contribution in [0.1, 0.15) is 0 Å². The first-order valence-corrected chi connectivity index (χ1v) is 10.4. The number of H-pyrrole nitrogens is 1. The van der Waals surface area contributed by atoms with Gasteiger partial charge in [-0.25, -0.2) is 0 Å². The Balaban J connectivity index is 2.07. The number of carbonyl (C=O) groups excluding carboxylic acids is 1. The standard InChI is InChI=1S/C9H16N5O4P3/c10-9-13-7-5(8(17)14-9)12-3(1-11-7)6(16)4(15)2-18-21(19)20/h3-4,12,15H,1-2,19-20H2,(H4,10,11,13,14,17). The summed E-state index contributed by atoms with van der Waals surface area (Å²) in [5, 5.41) is 15.4. The molecule has 1 aliphatic rings. The summed E-state index contributed by atoms with van der Waals surface area (Å²) < 4.78 is 5.20. The monoisotopic (exact) mass is 351 g/mol. The lowest BCUT2D eigenvalue weighted by Gasteiger charge is -2.27. The molecule has 0 radical (unpaired) electrons. The van der Waals surface area contributed by atoms with Crippen molar-refractivity contribution in [2.24, 2.45) is 0 Å². The average molecular weight is 351 g/mol. The van der Waals surface area contributed by atoms with Crippen LogP contribution in [0.25, 0.3) is 0 Å². The Labute approximate surface area is 125 Å². The van der Waals surface area contributed by atoms with Gasteiger partial charge in [-0.15, -0.1) is 0 Å². The summed E-state index contributed by atoms with van der Waals surface area (Å²) in [7, 11) is 4.04. The van der Waals surface area contributed by atoms with Crippen molar-refractivity contribution in [3.05, 3.63) is 10.4 Å². The molecule has 0 saturated carbocycles. The maximum atomic E-state index is 12.1. The molecule has 21 heavy (non-hydrogen) atoms. The zero-order valence-corrected chi connectivity index (χ0v) is 14.1. The van der Waals surface area contributed by atoms with E-state index in [-0.39, 0.29) is 30.6 Å². The Morgan fingerprint density at radius 1 is 1.62 bits per heavy atom. The van der Waals surface area contributed by atoms with Crippen LogP contribution in [0.15, 0.2) is 4.79 Å². The first-order chi connectivity index (χ1) is 9.88. The van der Waals surface area contributed by atoms with Gasteiger partial charge in [-0.2, -0.15) is 4.98 Å². The molecule has 0 bridgehead atoms. The Morgan fingerprint density at radius 3 is 3.00 bits per heavy atom. The first kappa shape index (κ1) is 16.5. The van der Waals surface area contributed by atoms with Crippen LogP contribution in [0.2, 0.25) is 0 Å². The highest BCUT2D eigenvalue weighted by molar-refractivity contribution is 8.41. The van der Waals surface area contributed by atoms with Crippen LogP contribution in [-0.2, 0) is 9.32 Å². The summed E-state index contributed by atoms with van der Waals surface area (Å²) in [6, 6.07) is -0.747. The Morgan fingerprint density at radius 2 is 2.33 bits per heavy atom. The highest BCUT2D eigenvalue weighted by Crippen LogP contribution is 2.53. The molecule has 2 heterocycles. The third-order valence-corrected chi connectivity index (χ3v) is 4.12. The van der Waals surface area contributed by atoms with Crippen LogP contribution < -0.4 is 21.9 Å². The van der Waals surface area contributed by atoms with Crippen molar-refractivity contribution in [3.8, 4) is 0 Å². The van der Waals surface area contributed by atoms with Gasteiger partial charge >= 0.3 is 0 Å². The normalized spacial score (nSPS) is 18.6. The van der Waals surface area contributed by atoms with E-state index in [1.54, 1.807) is 0 Å². The number of fused-ring (bicyclic) bond motifs is 1. The number of nitrogens with one attached hydrogen (secondary N) is 3. The van der Waals surface area contributed by atoms with Crippen molar-refractivity contribution in [2.75, 3.05) is 29.5 Å². The van der Waals surface area contributed by atoms with Crippen LogP contribution in [0.5, 0.6) is 0 Å². The molecule has 116 valence electrons. The van der Waals surface area contributed by atoms with E-state index < -0.39 is 31.0 Å². The van der Waals surface area contributed by atoms with E-state index >= 15 is 0 Å². The quantitative estimate of drug-likeness (QED) is 0.446. The average Bonchev–Trinajstić information content (AvgIpc) is 2.43. The third kappa shape index (κ3) is 4.09. The molecule has 6 N–H and O–H groups in total. The number of hydrogen-bond donors (Lipinski definition) is 5. The zero-order valence-electron chi connectivity index (χ0n) is 10.9. The molecular formula is C9H16N5O4P3. The van der Waals surface area contributed by atoms with Gasteiger partial charge in [0.05, 0.1) is 14.1 Å². The number of rotatable bonds is 5. The molecule has 1 aliphatic heterocycles. The number of carbonyl (C=O) groups is 1. The van der Waals surface area contributed by atoms with Crippen molar-refractivity contribution in [1.82, 2.24) is 9.97 Å². The molecule has 0 spiro atoms. The fraction of sp³-hybridized carbons (Fsp3) is 0.444. The van der Waals surface area contributed by atoms with Gasteiger partial charge in [-0.3, -0.25) is 14.6 Å². The molecule has 1 aromatic heterocycles. The third-order valence-electron chi connectivity index (χ3n) is 2.78. The topological polar surface area (TPSA) is 142 Å². The second-order valence-corrected chi connectivity index (χ2v) is 10.1. The molecule has 4 atom stereocenters. The van der Waals surface area contributed by atoms with Gasteiger partial charge in [-0.1, -0.05) is 17.9 Å². The molecule has 1 aromatic rings. The van der Waals surface area contributed by atoms with Crippen molar-refractivity contribution >= 4 is 48.6 Å². The first-order valence-electron chi connectivity index (χ1n) is 5.93. The number of aromatic nitrogens is 2. The Kier molecular flexibility index (Phi) is 5.47. The second-order valence-electron chi connectivity index (χ2n) is 4.33. The van der Waals surface area contributed by atoms with Gasteiger partial charge in [0.15, 0.2) is 11.6 Å². The number of hydrogen-bond acceptors (Lipinski definition) is 8. The molecule has 0 amide bonds. The second kappa shape index (κ2) is 6.95. The maximum Gasteiger partial charge on any atom is 0.277 e. The molecule has 0 saturated heterocycles. The predicted octanol–water partition coefficient (Wildman–Crippen LogP) is -0.518. The Hall–Kier alpha value is -0.840. The summed E-state index contributed by atoms with van der Waals surface area (Å²) in [6.45, 7) is 0.0915. The molecule has 12 heteroatoms. The fourth-order valence-electron chi connectivity index (χ4n) is 1.82. The minimum atomic E-state index is -1.27. The molecule has 2 rings (SSSR count). The molecule has 0 aliphatic carbocycles. The van der Waals surface area contributed by atoms with Gasteiger partial charge in [0, 0.05) is 6.54 Å². The number of nitrogens with two attached hydrogens (primary N) is 1. The largest absolute Gasteiger partial charge is 0.383 e. The van der Waals surface area contributed by atoms with Crippen LogP contribution in [0, 0.1) is 0 Å². The van der Waals surface area contributed by atoms with E-state index in [1.165, 1.54) is 0 Å². The summed E-state index contributed by atoms with van der Waals surface area (Å²) in [5.74, 6) is -0.193. The number of nitrogens with zero attached hydrogens (tertiary/aromatic N) is 1. The lowest BCUT2D eigenvalue weighted by molar-refractivity contribution is -0.128. The summed E-state index contributed by atoms with van der Waals surface area (Å²) >= 11 is 0. The van der Waals surface area contributed by atoms with Gasteiger partial charge < -0.3 is 26.0 Å². The smallest absolute Gasteiger partial charge is 0.277 e. The molecule has 0 fully saturated rings. The van der Waals surface area contributed by atoms with E-state index in [9.17, 15) is 14.7 Å². The number of aromatic amines is 1. The number of ketones is 1. The molecular weight excluding hydrogens is 335 g/mol. The number of aliphatic hydroxyl groups excluding tert-OH is 1. The summed E-state index contributed by atoms with van der Waals surface area (Å²) in [6.07, 6.45) is -1.27. The van der Waals surface area contributed by atoms with Gasteiger partial charge in [0.1, 0.15) is 17.8 Å². The van der Waals surface area contributed by atoms with Crippen molar-refractivity contribution < 1.29 is 14.4 Å². The van der Waals surface area contributed by atoms with E-state index in [1.807, 2.05) is 0 Å². The maximum absolute atomic E-state index is 12.1. The van der Waals surface area contributed by atoms with Crippen molar-refractivity contribution in [2.45, 2.75) is 12.1 Å².